The molecule has 1 aromatic carbocycles. The van der Waals surface area contributed by atoms with Crippen LogP contribution in [0.5, 0.6) is 5.75 Å². The van der Waals surface area contributed by atoms with Gasteiger partial charge in [-0.05, 0) is 87.2 Å². The predicted molar refractivity (Wildman–Crippen MR) is 146 cm³/mol. The summed E-state index contributed by atoms with van der Waals surface area (Å²) in [6.07, 6.45) is 4.44. The molecule has 4 amide bonds. The predicted octanol–water partition coefficient (Wildman–Crippen LogP) is 2.97. The average Bonchev–Trinajstić information content (AvgIpc) is 2.92. The van der Waals surface area contributed by atoms with Gasteiger partial charge in [-0.25, -0.2) is 4.79 Å². The molecule has 3 fully saturated rings. The van der Waals surface area contributed by atoms with Gasteiger partial charge in [0, 0.05) is 31.7 Å². The van der Waals surface area contributed by atoms with Crippen molar-refractivity contribution in [3.05, 3.63) is 23.8 Å². The van der Waals surface area contributed by atoms with E-state index in [2.05, 4.69) is 10.2 Å². The van der Waals surface area contributed by atoms with Gasteiger partial charge < -0.3 is 14.4 Å². The van der Waals surface area contributed by atoms with E-state index in [9.17, 15) is 19.2 Å². The molecule has 1 N–H and O–H groups in total. The molecule has 0 bridgehead atoms. The summed E-state index contributed by atoms with van der Waals surface area (Å²) in [4.78, 5) is 54.0. The lowest BCUT2D eigenvalue weighted by Gasteiger charge is -2.40. The number of hydrogen-bond donors (Lipinski definition) is 1. The number of rotatable bonds is 9. The van der Waals surface area contributed by atoms with Gasteiger partial charge >= 0.3 is 12.0 Å². The Bertz CT molecular complexity index is 1040. The highest BCUT2D eigenvalue weighted by Crippen LogP contribution is 2.33. The highest BCUT2D eigenvalue weighted by molar-refractivity contribution is 6.05. The first-order chi connectivity index (χ1) is 18.7. The first-order valence-electron chi connectivity index (χ1n) is 14.2. The lowest BCUT2D eigenvalue weighted by molar-refractivity contribution is -0.146. The van der Waals surface area contributed by atoms with E-state index in [4.69, 9.17) is 9.47 Å². The number of piperidine rings is 2. The van der Waals surface area contributed by atoms with Crippen LogP contribution in [0.2, 0.25) is 0 Å². The lowest BCUT2D eigenvalue weighted by Crippen LogP contribution is -2.49. The molecule has 0 atom stereocenters. The molecule has 0 spiro atoms. The fourth-order valence-electron chi connectivity index (χ4n) is 5.74. The summed E-state index contributed by atoms with van der Waals surface area (Å²) in [6, 6.07) is 4.93. The Labute approximate surface area is 231 Å². The first kappa shape index (κ1) is 28.9. The molecule has 3 saturated heterocycles. The normalized spacial score (nSPS) is 19.8. The molecule has 39 heavy (non-hydrogen) atoms. The molecule has 10 heteroatoms. The SMILES string of the molecule is Cc1cc(OCC(=O)N2CCC(C3CCN(CC(=O)OCC(C)C)CC3)CC2)ccc1N1CCC(=O)NC1=O. The molecule has 0 aliphatic carbocycles. The zero-order chi connectivity index (χ0) is 27.9. The van der Waals surface area contributed by atoms with E-state index in [1.807, 2.05) is 31.7 Å². The molecule has 4 rings (SSSR count). The number of carbonyl (C=O) groups excluding carboxylic acids is 4. The van der Waals surface area contributed by atoms with Gasteiger partial charge in [0.05, 0.1) is 13.2 Å². The molecular formula is C29H42N4O6. The minimum atomic E-state index is -0.422. The molecule has 1 aromatic rings. The Kier molecular flexibility index (Phi) is 9.83. The number of urea groups is 1. The number of nitrogens with zero attached hydrogens (tertiary/aromatic N) is 3. The molecule has 0 radical (unpaired) electrons. The number of hydrogen-bond acceptors (Lipinski definition) is 7. The molecule has 3 aliphatic heterocycles. The van der Waals surface area contributed by atoms with Crippen LogP contribution in [-0.2, 0) is 19.1 Å². The largest absolute Gasteiger partial charge is 0.484 e. The zero-order valence-electron chi connectivity index (χ0n) is 23.4. The van der Waals surface area contributed by atoms with Crippen LogP contribution < -0.4 is 15.0 Å². The Morgan fingerprint density at radius 2 is 1.67 bits per heavy atom. The van der Waals surface area contributed by atoms with Crippen molar-refractivity contribution in [2.24, 2.45) is 17.8 Å². The zero-order valence-corrected chi connectivity index (χ0v) is 23.4. The van der Waals surface area contributed by atoms with Gasteiger partial charge in [0.25, 0.3) is 5.91 Å². The van der Waals surface area contributed by atoms with Crippen LogP contribution in [0.25, 0.3) is 0 Å². The molecule has 0 saturated carbocycles. The van der Waals surface area contributed by atoms with Crippen molar-refractivity contribution in [2.75, 3.05) is 57.4 Å². The second-order valence-corrected chi connectivity index (χ2v) is 11.4. The van der Waals surface area contributed by atoms with Crippen molar-refractivity contribution >= 4 is 29.5 Å². The van der Waals surface area contributed by atoms with Crippen molar-refractivity contribution in [3.8, 4) is 5.75 Å². The molecule has 3 heterocycles. The fourth-order valence-corrected chi connectivity index (χ4v) is 5.74. The van der Waals surface area contributed by atoms with Crippen LogP contribution in [0.1, 0.15) is 51.5 Å². The standard InChI is InChI=1S/C29H42N4O6/c1-20(2)18-39-28(36)17-31-11-6-22(7-12-31)23-8-13-32(14-9-23)27(35)19-38-24-4-5-25(21(3)16-24)33-15-10-26(34)30-29(33)37/h4-5,16,20,22-23H,6-15,17-19H2,1-3H3,(H,30,34,37). The smallest absolute Gasteiger partial charge is 0.328 e. The quantitative estimate of drug-likeness (QED) is 0.478. The van der Waals surface area contributed by atoms with Crippen LogP contribution in [0.3, 0.4) is 0 Å². The Morgan fingerprint density at radius 3 is 2.28 bits per heavy atom. The summed E-state index contributed by atoms with van der Waals surface area (Å²) in [5.74, 6) is 1.77. The lowest BCUT2D eigenvalue weighted by atomic mass is 9.79. The number of ether oxygens (including phenoxy) is 2. The summed E-state index contributed by atoms with van der Waals surface area (Å²) in [7, 11) is 0. The summed E-state index contributed by atoms with van der Waals surface area (Å²) < 4.78 is 11.1. The Hall–Kier alpha value is -3.14. The highest BCUT2D eigenvalue weighted by Gasteiger charge is 2.31. The van der Waals surface area contributed by atoms with Crippen LogP contribution in [0.15, 0.2) is 18.2 Å². The van der Waals surface area contributed by atoms with Crippen molar-refractivity contribution < 1.29 is 28.7 Å². The van der Waals surface area contributed by atoms with E-state index < -0.39 is 6.03 Å². The molecule has 10 nitrogen and oxygen atoms in total. The Morgan fingerprint density at radius 1 is 1.00 bits per heavy atom. The second-order valence-electron chi connectivity index (χ2n) is 11.4. The van der Waals surface area contributed by atoms with Crippen LogP contribution in [-0.4, -0.2) is 86.1 Å². The van der Waals surface area contributed by atoms with E-state index in [0.29, 0.717) is 43.2 Å². The van der Waals surface area contributed by atoms with E-state index in [1.165, 1.54) is 0 Å². The third-order valence-corrected chi connectivity index (χ3v) is 8.00. The summed E-state index contributed by atoms with van der Waals surface area (Å²) >= 11 is 0. The number of amides is 4. The minimum absolute atomic E-state index is 0.0150. The van der Waals surface area contributed by atoms with Gasteiger partial charge in [0.1, 0.15) is 5.75 Å². The number of likely N-dealkylation sites (tertiary alicyclic amines) is 2. The maximum atomic E-state index is 12.8. The third kappa shape index (κ3) is 7.94. The van der Waals surface area contributed by atoms with Gasteiger partial charge in [-0.1, -0.05) is 13.8 Å². The number of anilines is 1. The van der Waals surface area contributed by atoms with Gasteiger partial charge in [0.2, 0.25) is 5.91 Å². The summed E-state index contributed by atoms with van der Waals surface area (Å²) in [6.45, 7) is 10.5. The second kappa shape index (κ2) is 13.3. The van der Waals surface area contributed by atoms with E-state index >= 15 is 0 Å². The number of aryl methyl sites for hydroxylation is 1. The minimum Gasteiger partial charge on any atom is -0.484 e. The van der Waals surface area contributed by atoms with Crippen LogP contribution >= 0.6 is 0 Å². The average molecular weight is 543 g/mol. The van der Waals surface area contributed by atoms with Crippen LogP contribution in [0, 0.1) is 24.7 Å². The van der Waals surface area contributed by atoms with Crippen molar-refractivity contribution in [1.29, 1.82) is 0 Å². The molecular weight excluding hydrogens is 500 g/mol. The molecule has 214 valence electrons. The number of imide groups is 1. The van der Waals surface area contributed by atoms with Gasteiger partial charge in [-0.15, -0.1) is 0 Å². The van der Waals surface area contributed by atoms with Gasteiger partial charge in [-0.2, -0.15) is 0 Å². The maximum Gasteiger partial charge on any atom is 0.328 e. The number of nitrogens with one attached hydrogen (secondary N) is 1. The Balaban J connectivity index is 1.16. The summed E-state index contributed by atoms with van der Waals surface area (Å²) in [5.41, 5.74) is 1.56. The van der Waals surface area contributed by atoms with Gasteiger partial charge in [0.15, 0.2) is 6.61 Å². The highest BCUT2D eigenvalue weighted by atomic mass is 16.5. The summed E-state index contributed by atoms with van der Waals surface area (Å²) in [5, 5.41) is 2.33. The van der Waals surface area contributed by atoms with Gasteiger partial charge in [-0.3, -0.25) is 29.5 Å². The number of benzene rings is 1. The van der Waals surface area contributed by atoms with E-state index in [0.717, 1.165) is 63.1 Å². The first-order valence-corrected chi connectivity index (χ1v) is 14.2. The molecule has 0 unspecified atom stereocenters. The molecule has 3 aliphatic rings. The van der Waals surface area contributed by atoms with E-state index in [1.54, 1.807) is 17.0 Å². The molecule has 0 aromatic heterocycles. The van der Waals surface area contributed by atoms with Crippen molar-refractivity contribution in [2.45, 2.75) is 52.9 Å². The topological polar surface area (TPSA) is 108 Å². The van der Waals surface area contributed by atoms with Crippen molar-refractivity contribution in [1.82, 2.24) is 15.1 Å². The van der Waals surface area contributed by atoms with E-state index in [-0.39, 0.29) is 30.8 Å². The monoisotopic (exact) mass is 542 g/mol. The third-order valence-electron chi connectivity index (χ3n) is 8.00. The number of carbonyl (C=O) groups is 4. The van der Waals surface area contributed by atoms with Crippen LogP contribution in [0.4, 0.5) is 10.5 Å². The maximum absolute atomic E-state index is 12.8. The fraction of sp³-hybridized carbons (Fsp3) is 0.655. The van der Waals surface area contributed by atoms with Crippen molar-refractivity contribution in [3.63, 3.8) is 0 Å². The number of esters is 1.